The molecule has 1 unspecified atom stereocenters. The Labute approximate surface area is 126 Å². The zero-order chi connectivity index (χ0) is 16.6. The van der Waals surface area contributed by atoms with Gasteiger partial charge in [-0.05, 0) is 34.1 Å². The van der Waals surface area contributed by atoms with Crippen LogP contribution >= 0.6 is 0 Å². The Balaban J connectivity index is 0.00000191. The fourth-order valence-corrected chi connectivity index (χ4v) is 1.80. The number of piperidine rings is 1. The first kappa shape index (κ1) is 19.4. The number of rotatable bonds is 2. The van der Waals surface area contributed by atoms with E-state index in [4.69, 9.17) is 9.47 Å². The minimum atomic E-state index is -0.751. The fourth-order valence-electron chi connectivity index (χ4n) is 1.80. The van der Waals surface area contributed by atoms with Crippen molar-refractivity contribution in [3.05, 3.63) is 0 Å². The standard InChI is InChI=1S/C13H21NO5.C2H6/c1-5-18-11(16)9-6-7-14(8-10(9)15)12(17)19-13(2,3)4;1-2/h9H,5-8H2,1-4H3;1-2H3. The molecule has 0 aromatic carbocycles. The molecule has 0 saturated carbocycles. The summed E-state index contributed by atoms with van der Waals surface area (Å²) in [6.07, 6.45) is -0.236. The van der Waals surface area contributed by atoms with Gasteiger partial charge in [0.1, 0.15) is 11.5 Å². The van der Waals surface area contributed by atoms with Crippen LogP contribution in [-0.2, 0) is 19.1 Å². The van der Waals surface area contributed by atoms with Gasteiger partial charge in [-0.25, -0.2) is 4.79 Å². The van der Waals surface area contributed by atoms with Gasteiger partial charge in [0, 0.05) is 6.54 Å². The smallest absolute Gasteiger partial charge is 0.410 e. The highest BCUT2D eigenvalue weighted by Gasteiger charge is 2.36. The predicted molar refractivity (Wildman–Crippen MR) is 78.9 cm³/mol. The maximum atomic E-state index is 11.8. The molecule has 0 aromatic rings. The molecule has 0 aromatic heterocycles. The molecule has 1 amide bonds. The zero-order valence-corrected chi connectivity index (χ0v) is 13.9. The molecule has 6 heteroatoms. The average Bonchev–Trinajstić information content (AvgIpc) is 2.39. The predicted octanol–water partition coefficient (Wildman–Crippen LogP) is 2.40. The number of carbonyl (C=O) groups is 3. The number of amides is 1. The molecule has 21 heavy (non-hydrogen) atoms. The third-order valence-corrected chi connectivity index (χ3v) is 2.65. The molecule has 0 N–H and O–H groups in total. The summed E-state index contributed by atoms with van der Waals surface area (Å²) >= 11 is 0. The minimum absolute atomic E-state index is 0.0988. The summed E-state index contributed by atoms with van der Waals surface area (Å²) in [6.45, 7) is 11.5. The van der Waals surface area contributed by atoms with Gasteiger partial charge in [-0.3, -0.25) is 9.59 Å². The zero-order valence-electron chi connectivity index (χ0n) is 13.9. The molecule has 1 aliphatic rings. The Morgan fingerprint density at radius 3 is 2.29 bits per heavy atom. The van der Waals surface area contributed by atoms with E-state index in [2.05, 4.69) is 0 Å². The van der Waals surface area contributed by atoms with E-state index in [0.717, 1.165) is 0 Å². The van der Waals surface area contributed by atoms with Crippen molar-refractivity contribution in [1.29, 1.82) is 0 Å². The molecular formula is C15H27NO5. The maximum absolute atomic E-state index is 11.8. The number of hydrogen-bond acceptors (Lipinski definition) is 5. The van der Waals surface area contributed by atoms with Crippen molar-refractivity contribution < 1.29 is 23.9 Å². The number of carbonyl (C=O) groups excluding carboxylic acids is 3. The van der Waals surface area contributed by atoms with Crippen LogP contribution in [0.25, 0.3) is 0 Å². The van der Waals surface area contributed by atoms with Crippen LogP contribution in [0.2, 0.25) is 0 Å². The van der Waals surface area contributed by atoms with Crippen molar-refractivity contribution in [2.75, 3.05) is 19.7 Å². The molecule has 122 valence electrons. The van der Waals surface area contributed by atoms with E-state index >= 15 is 0 Å². The molecule has 0 aliphatic carbocycles. The Morgan fingerprint density at radius 2 is 1.86 bits per heavy atom. The van der Waals surface area contributed by atoms with E-state index in [9.17, 15) is 14.4 Å². The van der Waals surface area contributed by atoms with Crippen LogP contribution in [0.4, 0.5) is 4.79 Å². The number of hydrogen-bond donors (Lipinski definition) is 0. The topological polar surface area (TPSA) is 72.9 Å². The molecule has 1 heterocycles. The maximum Gasteiger partial charge on any atom is 0.410 e. The van der Waals surface area contributed by atoms with Gasteiger partial charge in [0.15, 0.2) is 5.78 Å². The number of nitrogens with zero attached hydrogens (tertiary/aromatic N) is 1. The highest BCUT2D eigenvalue weighted by atomic mass is 16.6. The lowest BCUT2D eigenvalue weighted by Crippen LogP contribution is -2.48. The summed E-state index contributed by atoms with van der Waals surface area (Å²) in [6, 6.07) is 0. The van der Waals surface area contributed by atoms with Gasteiger partial charge in [-0.1, -0.05) is 13.8 Å². The van der Waals surface area contributed by atoms with Gasteiger partial charge in [-0.15, -0.1) is 0 Å². The second kappa shape index (κ2) is 8.64. The lowest BCUT2D eigenvalue weighted by atomic mass is 9.96. The summed E-state index contributed by atoms with van der Waals surface area (Å²) in [5, 5.41) is 0. The summed E-state index contributed by atoms with van der Waals surface area (Å²) in [7, 11) is 0. The second-order valence-corrected chi connectivity index (χ2v) is 5.46. The summed E-state index contributed by atoms with van der Waals surface area (Å²) < 4.78 is 10.0. The first-order valence-corrected chi connectivity index (χ1v) is 7.42. The summed E-state index contributed by atoms with van der Waals surface area (Å²) in [5.41, 5.74) is -0.599. The molecule has 0 bridgehead atoms. The van der Waals surface area contributed by atoms with Crippen LogP contribution in [0.5, 0.6) is 0 Å². The molecule has 1 saturated heterocycles. The van der Waals surface area contributed by atoms with Gasteiger partial charge in [-0.2, -0.15) is 0 Å². The Bertz CT molecular complexity index is 373. The summed E-state index contributed by atoms with van der Waals surface area (Å²) in [4.78, 5) is 36.5. The van der Waals surface area contributed by atoms with Gasteiger partial charge in [0.05, 0.1) is 13.2 Å². The van der Waals surface area contributed by atoms with Crippen LogP contribution in [-0.4, -0.2) is 48.0 Å². The van der Waals surface area contributed by atoms with Crippen LogP contribution in [0.1, 0.15) is 48.0 Å². The van der Waals surface area contributed by atoms with Crippen molar-refractivity contribution in [3.8, 4) is 0 Å². The minimum Gasteiger partial charge on any atom is -0.465 e. The third kappa shape index (κ3) is 6.60. The lowest BCUT2D eigenvalue weighted by molar-refractivity contribution is -0.153. The van der Waals surface area contributed by atoms with Crippen molar-refractivity contribution in [2.24, 2.45) is 5.92 Å². The first-order chi connectivity index (χ1) is 9.74. The number of likely N-dealkylation sites (tertiary alicyclic amines) is 1. The van der Waals surface area contributed by atoms with Crippen LogP contribution in [0.15, 0.2) is 0 Å². The van der Waals surface area contributed by atoms with Gasteiger partial charge in [0.2, 0.25) is 0 Å². The highest BCUT2D eigenvalue weighted by Crippen LogP contribution is 2.18. The summed E-state index contributed by atoms with van der Waals surface area (Å²) in [5.74, 6) is -1.55. The van der Waals surface area contributed by atoms with E-state index in [1.54, 1.807) is 27.7 Å². The molecule has 1 rings (SSSR count). The number of ether oxygens (including phenoxy) is 2. The number of ketones is 1. The fraction of sp³-hybridized carbons (Fsp3) is 0.800. The molecule has 0 radical (unpaired) electrons. The number of Topliss-reactive ketones (excluding diaryl/α,β-unsaturated/α-hetero) is 1. The molecule has 1 fully saturated rings. The average molecular weight is 301 g/mol. The normalized spacial score (nSPS) is 18.5. The molecule has 6 nitrogen and oxygen atoms in total. The molecule has 1 aliphatic heterocycles. The van der Waals surface area contributed by atoms with E-state index in [1.165, 1.54) is 4.90 Å². The SMILES string of the molecule is CC.CCOC(=O)C1CCN(C(=O)OC(C)(C)C)CC1=O. The van der Waals surface area contributed by atoms with E-state index in [0.29, 0.717) is 6.54 Å². The van der Waals surface area contributed by atoms with Gasteiger partial charge in [0.25, 0.3) is 0 Å². The van der Waals surface area contributed by atoms with Gasteiger partial charge >= 0.3 is 12.1 Å². The van der Waals surface area contributed by atoms with Crippen molar-refractivity contribution in [3.63, 3.8) is 0 Å². The molecule has 0 spiro atoms. The van der Waals surface area contributed by atoms with Crippen LogP contribution in [0, 0.1) is 5.92 Å². The molecule has 1 atom stereocenters. The van der Waals surface area contributed by atoms with E-state index < -0.39 is 23.6 Å². The van der Waals surface area contributed by atoms with E-state index in [-0.39, 0.29) is 25.4 Å². The van der Waals surface area contributed by atoms with Crippen molar-refractivity contribution in [1.82, 2.24) is 4.90 Å². The van der Waals surface area contributed by atoms with Gasteiger partial charge < -0.3 is 14.4 Å². The first-order valence-electron chi connectivity index (χ1n) is 7.42. The second-order valence-electron chi connectivity index (χ2n) is 5.46. The quantitative estimate of drug-likeness (QED) is 0.578. The monoisotopic (exact) mass is 301 g/mol. The van der Waals surface area contributed by atoms with Crippen molar-refractivity contribution >= 4 is 17.8 Å². The highest BCUT2D eigenvalue weighted by molar-refractivity contribution is 6.01. The lowest BCUT2D eigenvalue weighted by Gasteiger charge is -2.31. The van der Waals surface area contributed by atoms with E-state index in [1.807, 2.05) is 13.8 Å². The third-order valence-electron chi connectivity index (χ3n) is 2.65. The Hall–Kier alpha value is -1.59. The molecular weight excluding hydrogens is 274 g/mol. The van der Waals surface area contributed by atoms with Crippen LogP contribution in [0.3, 0.4) is 0 Å². The Morgan fingerprint density at radius 1 is 1.29 bits per heavy atom. The Kier molecular flexibility index (Phi) is 7.99. The largest absolute Gasteiger partial charge is 0.465 e. The number of esters is 1. The van der Waals surface area contributed by atoms with Crippen molar-refractivity contribution in [2.45, 2.75) is 53.6 Å². The van der Waals surface area contributed by atoms with Crippen LogP contribution < -0.4 is 0 Å².